The van der Waals surface area contributed by atoms with Crippen molar-refractivity contribution in [3.05, 3.63) is 90.5 Å². The van der Waals surface area contributed by atoms with Crippen molar-refractivity contribution in [2.75, 3.05) is 11.9 Å². The standard InChI is InChI=1S/C46H50N2S4/c1-3-5-7-9-11-13-27-48-33-21-19-32(20-22-33)42-29-37-40(50-42)26-24-35-44(37)52-45-34-23-25-39-36(43(34)51-46(35)45)28-41(49-39)31-17-15-30(16-18-31)38(47)14-12-10-8-6-4-2/h15-26,28-29,38,48H,3-14,27,47H2,1-2H3. The molecule has 4 aromatic carbocycles. The third kappa shape index (κ3) is 7.43. The molecular formula is C46H50N2S4. The maximum atomic E-state index is 6.58. The second-order valence-corrected chi connectivity index (χ2v) is 18.7. The van der Waals surface area contributed by atoms with Crippen LogP contribution in [0.2, 0.25) is 0 Å². The quantitative estimate of drug-likeness (QED) is 0.0908. The number of benzene rings is 4. The molecule has 0 aliphatic rings. The van der Waals surface area contributed by atoms with E-state index in [4.69, 9.17) is 5.73 Å². The van der Waals surface area contributed by atoms with E-state index in [1.165, 1.54) is 153 Å². The molecule has 8 rings (SSSR count). The van der Waals surface area contributed by atoms with Gasteiger partial charge >= 0.3 is 0 Å². The van der Waals surface area contributed by atoms with Crippen molar-refractivity contribution < 1.29 is 0 Å². The van der Waals surface area contributed by atoms with Crippen molar-refractivity contribution in [1.29, 1.82) is 0 Å². The lowest BCUT2D eigenvalue weighted by atomic mass is 9.99. The molecule has 0 amide bonds. The first-order chi connectivity index (χ1) is 25.6. The number of unbranched alkanes of at least 4 members (excludes halogenated alkanes) is 9. The molecule has 52 heavy (non-hydrogen) atoms. The highest BCUT2D eigenvalue weighted by Crippen LogP contribution is 2.51. The highest BCUT2D eigenvalue weighted by molar-refractivity contribution is 7.38. The lowest BCUT2D eigenvalue weighted by Crippen LogP contribution is -2.09. The van der Waals surface area contributed by atoms with Crippen molar-refractivity contribution in [3.8, 4) is 20.9 Å². The van der Waals surface area contributed by atoms with E-state index >= 15 is 0 Å². The Kier molecular flexibility index (Phi) is 11.3. The first-order valence-electron chi connectivity index (χ1n) is 19.5. The molecule has 0 radical (unpaired) electrons. The number of hydrogen-bond acceptors (Lipinski definition) is 6. The molecule has 4 aromatic heterocycles. The summed E-state index contributed by atoms with van der Waals surface area (Å²) >= 11 is 7.77. The molecule has 3 N–H and O–H groups in total. The van der Waals surface area contributed by atoms with Crippen LogP contribution in [0.1, 0.15) is 103 Å². The molecule has 268 valence electrons. The third-order valence-electron chi connectivity index (χ3n) is 10.7. The van der Waals surface area contributed by atoms with E-state index in [2.05, 4.69) is 104 Å². The molecule has 8 aromatic rings. The Balaban J connectivity index is 1.01. The van der Waals surface area contributed by atoms with Gasteiger partial charge in [0, 0.05) is 68.4 Å². The van der Waals surface area contributed by atoms with Gasteiger partial charge in [-0.1, -0.05) is 127 Å². The van der Waals surface area contributed by atoms with Crippen LogP contribution in [-0.4, -0.2) is 6.54 Å². The van der Waals surface area contributed by atoms with Gasteiger partial charge in [-0.2, -0.15) is 0 Å². The first kappa shape index (κ1) is 35.8. The van der Waals surface area contributed by atoms with E-state index in [-0.39, 0.29) is 6.04 Å². The summed E-state index contributed by atoms with van der Waals surface area (Å²) in [5, 5.41) is 9.20. The van der Waals surface area contributed by atoms with Crippen molar-refractivity contribution in [2.24, 2.45) is 5.73 Å². The number of rotatable bonds is 17. The minimum atomic E-state index is 0.127. The van der Waals surface area contributed by atoms with E-state index in [1.807, 2.05) is 45.3 Å². The summed E-state index contributed by atoms with van der Waals surface area (Å²) in [6.07, 6.45) is 15.5. The van der Waals surface area contributed by atoms with Gasteiger partial charge in [0.15, 0.2) is 0 Å². The Morgan fingerprint density at radius 1 is 0.500 bits per heavy atom. The van der Waals surface area contributed by atoms with Crippen molar-refractivity contribution >= 4 is 101 Å². The molecule has 0 saturated carbocycles. The molecule has 0 aliphatic carbocycles. The number of fused-ring (bicyclic) bond motifs is 9. The lowest BCUT2D eigenvalue weighted by molar-refractivity contribution is 0.555. The number of nitrogens with two attached hydrogens (primary N) is 1. The Morgan fingerprint density at radius 2 is 1.00 bits per heavy atom. The van der Waals surface area contributed by atoms with Gasteiger partial charge in [-0.15, -0.1) is 45.3 Å². The maximum absolute atomic E-state index is 6.58. The second kappa shape index (κ2) is 16.4. The Morgan fingerprint density at radius 3 is 1.56 bits per heavy atom. The molecule has 4 heterocycles. The lowest BCUT2D eigenvalue weighted by Gasteiger charge is -2.12. The van der Waals surface area contributed by atoms with Gasteiger partial charge in [0.2, 0.25) is 0 Å². The summed E-state index contributed by atoms with van der Waals surface area (Å²) in [7, 11) is 0. The SMILES string of the molecule is CCCCCCCCNc1ccc(-c2cc3c(ccc4c3sc3c5ccc6sc(-c7ccc(C(N)CCCCCCC)cc7)cc6c5sc43)s2)cc1. The highest BCUT2D eigenvalue weighted by atomic mass is 32.1. The van der Waals surface area contributed by atoms with Gasteiger partial charge in [-0.25, -0.2) is 0 Å². The van der Waals surface area contributed by atoms with Crippen LogP contribution in [0.3, 0.4) is 0 Å². The molecule has 1 atom stereocenters. The molecule has 0 fully saturated rings. The minimum Gasteiger partial charge on any atom is -0.385 e. The van der Waals surface area contributed by atoms with Crippen LogP contribution in [0.4, 0.5) is 5.69 Å². The zero-order chi connectivity index (χ0) is 35.4. The summed E-state index contributed by atoms with van der Waals surface area (Å²) < 4.78 is 8.43. The topological polar surface area (TPSA) is 38.0 Å². The molecule has 0 bridgehead atoms. The van der Waals surface area contributed by atoms with Crippen LogP contribution in [0.15, 0.2) is 84.9 Å². The predicted molar refractivity (Wildman–Crippen MR) is 239 cm³/mol. The Bertz CT molecular complexity index is 2400. The first-order valence-corrected chi connectivity index (χ1v) is 22.8. The average Bonchev–Trinajstić information content (AvgIpc) is 3.96. The van der Waals surface area contributed by atoms with Gasteiger partial charge in [-0.3, -0.25) is 0 Å². The van der Waals surface area contributed by atoms with Crippen molar-refractivity contribution in [1.82, 2.24) is 0 Å². The van der Waals surface area contributed by atoms with Gasteiger partial charge in [0.1, 0.15) is 0 Å². The fraction of sp³-hybridized carbons (Fsp3) is 0.348. The number of hydrogen-bond donors (Lipinski definition) is 2. The largest absolute Gasteiger partial charge is 0.385 e. The van der Waals surface area contributed by atoms with Gasteiger partial charge < -0.3 is 11.1 Å². The number of nitrogens with one attached hydrogen (secondary N) is 1. The Hall–Kier alpha value is -3.26. The van der Waals surface area contributed by atoms with E-state index in [0.717, 1.165) is 13.0 Å². The van der Waals surface area contributed by atoms with E-state index < -0.39 is 0 Å². The summed E-state index contributed by atoms with van der Waals surface area (Å²) in [4.78, 5) is 2.68. The van der Waals surface area contributed by atoms with Gasteiger partial charge in [0.05, 0.1) is 9.40 Å². The number of anilines is 1. The van der Waals surface area contributed by atoms with Gasteiger partial charge in [-0.05, 0) is 65.9 Å². The summed E-state index contributed by atoms with van der Waals surface area (Å²) in [5.74, 6) is 0. The van der Waals surface area contributed by atoms with Crippen LogP contribution < -0.4 is 11.1 Å². The van der Waals surface area contributed by atoms with E-state index in [1.54, 1.807) is 0 Å². The third-order valence-corrected chi connectivity index (χ3v) is 15.6. The van der Waals surface area contributed by atoms with Crippen LogP contribution in [0.25, 0.3) is 70.6 Å². The molecule has 6 heteroatoms. The normalized spacial score (nSPS) is 12.7. The molecular weight excluding hydrogens is 709 g/mol. The zero-order valence-corrected chi connectivity index (χ0v) is 33.8. The van der Waals surface area contributed by atoms with Gasteiger partial charge in [0.25, 0.3) is 0 Å². The monoisotopic (exact) mass is 758 g/mol. The smallest absolute Gasteiger partial charge is 0.0542 e. The zero-order valence-electron chi connectivity index (χ0n) is 30.6. The predicted octanol–water partition coefficient (Wildman–Crippen LogP) is 16.2. The second-order valence-electron chi connectivity index (χ2n) is 14.5. The fourth-order valence-electron chi connectivity index (χ4n) is 7.61. The summed E-state index contributed by atoms with van der Waals surface area (Å²) in [6, 6.07) is 32.5. The van der Waals surface area contributed by atoms with E-state index in [0.29, 0.717) is 0 Å². The average molecular weight is 759 g/mol. The van der Waals surface area contributed by atoms with Crippen LogP contribution in [-0.2, 0) is 0 Å². The van der Waals surface area contributed by atoms with Crippen LogP contribution in [0.5, 0.6) is 0 Å². The fourth-order valence-corrected chi connectivity index (χ4v) is 12.8. The highest BCUT2D eigenvalue weighted by Gasteiger charge is 2.18. The van der Waals surface area contributed by atoms with Crippen molar-refractivity contribution in [2.45, 2.75) is 96.9 Å². The van der Waals surface area contributed by atoms with Crippen LogP contribution in [0, 0.1) is 0 Å². The number of thiophene rings is 4. The Labute approximate surface area is 324 Å². The summed E-state index contributed by atoms with van der Waals surface area (Å²) in [5.41, 5.74) is 11.6. The molecule has 0 aliphatic heterocycles. The van der Waals surface area contributed by atoms with Crippen LogP contribution >= 0.6 is 45.3 Å². The molecule has 0 spiro atoms. The molecule has 0 saturated heterocycles. The molecule has 2 nitrogen and oxygen atoms in total. The maximum Gasteiger partial charge on any atom is 0.0542 e. The van der Waals surface area contributed by atoms with E-state index in [9.17, 15) is 0 Å². The minimum absolute atomic E-state index is 0.127. The summed E-state index contributed by atoms with van der Waals surface area (Å²) in [6.45, 7) is 5.60. The molecule has 1 unspecified atom stereocenters. The van der Waals surface area contributed by atoms with Crippen molar-refractivity contribution in [3.63, 3.8) is 0 Å².